The van der Waals surface area contributed by atoms with Gasteiger partial charge in [0.25, 0.3) is 0 Å². The monoisotopic (exact) mass is 298 g/mol. The van der Waals surface area contributed by atoms with E-state index < -0.39 is 0 Å². The lowest BCUT2D eigenvalue weighted by Crippen LogP contribution is -2.28. The third kappa shape index (κ3) is 3.55. The van der Waals surface area contributed by atoms with Crippen LogP contribution in [-0.4, -0.2) is 26.2 Å². The summed E-state index contributed by atoms with van der Waals surface area (Å²) in [4.78, 5) is 11.9. The number of halogens is 1. The summed E-state index contributed by atoms with van der Waals surface area (Å²) in [5.74, 6) is 1.38. The van der Waals surface area contributed by atoms with Gasteiger partial charge in [0.2, 0.25) is 5.91 Å². The number of carbonyl (C=O) groups excluding carboxylic acids is 1. The standard InChI is InChI=1S/C14H19ClN2O3/c1-19-12-5-9(15)11(7-13(12)20-2)17-14(18)6-10(16)8-3-4-8/h5,7-8,10H,3-4,6,16H2,1-2H3,(H,17,18). The van der Waals surface area contributed by atoms with E-state index in [1.54, 1.807) is 12.1 Å². The maximum atomic E-state index is 11.9. The highest BCUT2D eigenvalue weighted by molar-refractivity contribution is 6.34. The first-order valence-corrected chi connectivity index (χ1v) is 6.90. The number of benzene rings is 1. The average molecular weight is 299 g/mol. The van der Waals surface area contributed by atoms with Gasteiger partial charge in [-0.15, -0.1) is 0 Å². The van der Waals surface area contributed by atoms with Crippen molar-refractivity contribution < 1.29 is 14.3 Å². The Morgan fingerprint density at radius 1 is 1.40 bits per heavy atom. The van der Waals surface area contributed by atoms with Gasteiger partial charge in [-0.1, -0.05) is 11.6 Å². The Kier molecular flexibility index (Phi) is 4.73. The Morgan fingerprint density at radius 3 is 2.55 bits per heavy atom. The van der Waals surface area contributed by atoms with Gasteiger partial charge in [-0.05, 0) is 18.8 Å². The van der Waals surface area contributed by atoms with Gasteiger partial charge in [-0.25, -0.2) is 0 Å². The first-order chi connectivity index (χ1) is 9.55. The molecule has 20 heavy (non-hydrogen) atoms. The molecule has 110 valence electrons. The van der Waals surface area contributed by atoms with Crippen LogP contribution in [0.3, 0.4) is 0 Å². The SMILES string of the molecule is COc1cc(Cl)c(NC(=O)CC(N)C2CC2)cc1OC. The molecule has 3 N–H and O–H groups in total. The third-order valence-corrected chi connectivity index (χ3v) is 3.71. The fourth-order valence-electron chi connectivity index (χ4n) is 2.06. The minimum absolute atomic E-state index is 0.0751. The first kappa shape index (κ1) is 14.9. The molecule has 6 heteroatoms. The molecule has 0 aromatic heterocycles. The molecule has 5 nitrogen and oxygen atoms in total. The van der Waals surface area contributed by atoms with Crippen LogP contribution in [0.1, 0.15) is 19.3 Å². The number of methoxy groups -OCH3 is 2. The van der Waals surface area contributed by atoms with Crippen LogP contribution in [0.4, 0.5) is 5.69 Å². The Hall–Kier alpha value is -1.46. The largest absolute Gasteiger partial charge is 0.493 e. The highest BCUT2D eigenvalue weighted by Crippen LogP contribution is 2.36. The molecule has 2 rings (SSSR count). The molecular formula is C14H19ClN2O3. The zero-order valence-electron chi connectivity index (χ0n) is 11.6. The highest BCUT2D eigenvalue weighted by Gasteiger charge is 2.29. The summed E-state index contributed by atoms with van der Waals surface area (Å²) in [7, 11) is 3.06. The molecule has 1 aromatic carbocycles. The van der Waals surface area contributed by atoms with Crippen LogP contribution in [0, 0.1) is 5.92 Å². The zero-order valence-corrected chi connectivity index (χ0v) is 12.4. The molecule has 1 aliphatic carbocycles. The van der Waals surface area contributed by atoms with E-state index >= 15 is 0 Å². The summed E-state index contributed by atoms with van der Waals surface area (Å²) in [6, 6.07) is 3.17. The van der Waals surface area contributed by atoms with E-state index in [0.29, 0.717) is 34.5 Å². The molecule has 0 saturated heterocycles. The van der Waals surface area contributed by atoms with Crippen molar-refractivity contribution in [2.75, 3.05) is 19.5 Å². The van der Waals surface area contributed by atoms with E-state index in [1.807, 2.05) is 0 Å². The Bertz CT molecular complexity index is 503. The molecule has 0 spiro atoms. The number of carbonyl (C=O) groups is 1. The molecule has 0 heterocycles. The number of rotatable bonds is 6. The third-order valence-electron chi connectivity index (χ3n) is 3.40. The molecule has 1 saturated carbocycles. The second-order valence-corrected chi connectivity index (χ2v) is 5.35. The summed E-state index contributed by atoms with van der Waals surface area (Å²) in [6.07, 6.45) is 2.53. The molecule has 1 amide bonds. The van der Waals surface area contributed by atoms with E-state index in [1.165, 1.54) is 14.2 Å². The fourth-order valence-corrected chi connectivity index (χ4v) is 2.26. The highest BCUT2D eigenvalue weighted by atomic mass is 35.5. The van der Waals surface area contributed by atoms with Crippen LogP contribution < -0.4 is 20.5 Å². The predicted molar refractivity (Wildman–Crippen MR) is 78.5 cm³/mol. The van der Waals surface area contributed by atoms with E-state index in [-0.39, 0.29) is 11.9 Å². The summed E-state index contributed by atoms with van der Waals surface area (Å²) in [6.45, 7) is 0. The molecule has 1 atom stereocenters. The minimum atomic E-state index is -0.140. The fraction of sp³-hybridized carbons (Fsp3) is 0.500. The predicted octanol–water partition coefficient (Wildman–Crippen LogP) is 2.42. The summed E-state index contributed by atoms with van der Waals surface area (Å²) in [5, 5.41) is 3.16. The number of ether oxygens (including phenoxy) is 2. The van der Waals surface area contributed by atoms with Crippen molar-refractivity contribution in [2.24, 2.45) is 11.7 Å². The van der Waals surface area contributed by atoms with Crippen LogP contribution in [0.5, 0.6) is 11.5 Å². The van der Waals surface area contributed by atoms with Crippen molar-refractivity contribution in [2.45, 2.75) is 25.3 Å². The van der Waals surface area contributed by atoms with Gasteiger partial charge in [0.05, 0.1) is 24.9 Å². The molecule has 1 unspecified atom stereocenters. The smallest absolute Gasteiger partial charge is 0.225 e. The van der Waals surface area contributed by atoms with Crippen molar-refractivity contribution in [3.05, 3.63) is 17.2 Å². The molecular weight excluding hydrogens is 280 g/mol. The van der Waals surface area contributed by atoms with Crippen LogP contribution in [0.15, 0.2) is 12.1 Å². The van der Waals surface area contributed by atoms with Crippen LogP contribution >= 0.6 is 11.6 Å². The lowest BCUT2D eigenvalue weighted by Gasteiger charge is -2.14. The maximum Gasteiger partial charge on any atom is 0.225 e. The number of nitrogens with one attached hydrogen (secondary N) is 1. The van der Waals surface area contributed by atoms with Gasteiger partial charge in [-0.2, -0.15) is 0 Å². The second-order valence-electron chi connectivity index (χ2n) is 4.94. The molecule has 0 bridgehead atoms. The van der Waals surface area contributed by atoms with Crippen molar-refractivity contribution in [3.63, 3.8) is 0 Å². The number of nitrogens with two attached hydrogens (primary N) is 1. The number of hydrogen-bond donors (Lipinski definition) is 2. The Labute approximate surface area is 123 Å². The van der Waals surface area contributed by atoms with E-state index in [0.717, 1.165) is 12.8 Å². The number of hydrogen-bond acceptors (Lipinski definition) is 4. The first-order valence-electron chi connectivity index (χ1n) is 6.52. The van der Waals surface area contributed by atoms with Gasteiger partial charge in [0, 0.05) is 24.6 Å². The summed E-state index contributed by atoms with van der Waals surface area (Å²) >= 11 is 6.11. The topological polar surface area (TPSA) is 73.6 Å². The van der Waals surface area contributed by atoms with Crippen molar-refractivity contribution in [1.82, 2.24) is 0 Å². The quantitative estimate of drug-likeness (QED) is 0.846. The van der Waals surface area contributed by atoms with Gasteiger partial charge >= 0.3 is 0 Å². The second kappa shape index (κ2) is 6.33. The zero-order chi connectivity index (χ0) is 14.7. The average Bonchev–Trinajstić information content (AvgIpc) is 3.24. The van der Waals surface area contributed by atoms with Crippen molar-refractivity contribution >= 4 is 23.2 Å². The normalized spacial score (nSPS) is 15.6. The van der Waals surface area contributed by atoms with Crippen LogP contribution in [-0.2, 0) is 4.79 Å². The molecule has 1 aromatic rings. The van der Waals surface area contributed by atoms with Gasteiger partial charge in [-0.3, -0.25) is 4.79 Å². The van der Waals surface area contributed by atoms with Gasteiger partial charge in [0.15, 0.2) is 11.5 Å². The van der Waals surface area contributed by atoms with Crippen molar-refractivity contribution in [3.8, 4) is 11.5 Å². The van der Waals surface area contributed by atoms with Gasteiger partial charge in [0.1, 0.15) is 0 Å². The molecule has 0 radical (unpaired) electrons. The summed E-state index contributed by atoms with van der Waals surface area (Å²) < 4.78 is 10.3. The Balaban J connectivity index is 2.05. The summed E-state index contributed by atoms with van der Waals surface area (Å²) in [5.41, 5.74) is 6.43. The number of amides is 1. The van der Waals surface area contributed by atoms with E-state index in [9.17, 15) is 4.79 Å². The lowest BCUT2D eigenvalue weighted by molar-refractivity contribution is -0.116. The van der Waals surface area contributed by atoms with E-state index in [4.69, 9.17) is 26.8 Å². The Morgan fingerprint density at radius 2 is 2.00 bits per heavy atom. The van der Waals surface area contributed by atoms with Crippen molar-refractivity contribution in [1.29, 1.82) is 0 Å². The number of anilines is 1. The molecule has 1 aliphatic rings. The van der Waals surface area contributed by atoms with Crippen LogP contribution in [0.2, 0.25) is 5.02 Å². The minimum Gasteiger partial charge on any atom is -0.493 e. The van der Waals surface area contributed by atoms with E-state index in [2.05, 4.69) is 5.32 Å². The van der Waals surface area contributed by atoms with Crippen LogP contribution in [0.25, 0.3) is 0 Å². The molecule has 0 aliphatic heterocycles. The lowest BCUT2D eigenvalue weighted by atomic mass is 10.1. The maximum absolute atomic E-state index is 11.9. The van der Waals surface area contributed by atoms with Gasteiger partial charge < -0.3 is 20.5 Å². The molecule has 1 fully saturated rings.